The van der Waals surface area contributed by atoms with Crippen LogP contribution in [0.2, 0.25) is 0 Å². The van der Waals surface area contributed by atoms with Crippen molar-refractivity contribution >= 4 is 5.69 Å². The molecule has 4 aromatic rings. The second-order valence-electron chi connectivity index (χ2n) is 9.93. The van der Waals surface area contributed by atoms with Gasteiger partial charge >= 0.3 is 0 Å². The highest BCUT2D eigenvalue weighted by atomic mass is 16.4. The van der Waals surface area contributed by atoms with Crippen LogP contribution in [0.4, 0.5) is 5.69 Å². The van der Waals surface area contributed by atoms with Crippen LogP contribution in [0.3, 0.4) is 0 Å². The molecule has 0 fully saturated rings. The number of benzene rings is 3. The van der Waals surface area contributed by atoms with Crippen molar-refractivity contribution in [1.82, 2.24) is 4.98 Å². The number of anilines is 1. The Balaban J connectivity index is 1.86. The molecule has 35 heavy (non-hydrogen) atoms. The van der Waals surface area contributed by atoms with E-state index in [1.807, 2.05) is 24.3 Å². The molecule has 0 spiro atoms. The Morgan fingerprint density at radius 1 is 0.743 bits per heavy atom. The Kier molecular flexibility index (Phi) is 8.07. The van der Waals surface area contributed by atoms with Gasteiger partial charge in [0.1, 0.15) is 5.69 Å². The van der Waals surface area contributed by atoms with Crippen LogP contribution in [0.1, 0.15) is 88.6 Å². The highest BCUT2D eigenvalue weighted by molar-refractivity contribution is 5.67. The predicted molar refractivity (Wildman–Crippen MR) is 148 cm³/mol. The fraction of sp³-hybridized carbons (Fsp3) is 0.344. The van der Waals surface area contributed by atoms with Gasteiger partial charge in [-0.15, -0.1) is 0 Å². The summed E-state index contributed by atoms with van der Waals surface area (Å²) in [5.74, 6) is 2.37. The maximum atomic E-state index is 6.49. The molecule has 3 nitrogen and oxygen atoms in total. The molecule has 1 heterocycles. The quantitative estimate of drug-likeness (QED) is 0.253. The zero-order chi connectivity index (χ0) is 24.8. The van der Waals surface area contributed by atoms with Crippen molar-refractivity contribution in [3.63, 3.8) is 0 Å². The van der Waals surface area contributed by atoms with Crippen LogP contribution in [-0.2, 0) is 0 Å². The number of nitrogens with one attached hydrogen (secondary N) is 1. The first-order chi connectivity index (χ1) is 17.0. The Labute approximate surface area is 210 Å². The van der Waals surface area contributed by atoms with Gasteiger partial charge in [0, 0.05) is 16.8 Å². The van der Waals surface area contributed by atoms with Crippen LogP contribution in [0.5, 0.6) is 0 Å². The molecular formula is C32H38N2O. The van der Waals surface area contributed by atoms with Crippen molar-refractivity contribution in [3.05, 3.63) is 95.7 Å². The largest absolute Gasteiger partial charge is 0.436 e. The first-order valence-corrected chi connectivity index (χ1v) is 13.0. The van der Waals surface area contributed by atoms with Gasteiger partial charge in [-0.05, 0) is 41.5 Å². The molecule has 3 aromatic carbocycles. The van der Waals surface area contributed by atoms with E-state index >= 15 is 0 Å². The molecule has 4 rings (SSSR count). The zero-order valence-electron chi connectivity index (χ0n) is 21.7. The normalized spacial score (nSPS) is 12.3. The summed E-state index contributed by atoms with van der Waals surface area (Å²) in [7, 11) is 0. The van der Waals surface area contributed by atoms with E-state index in [1.165, 1.54) is 16.8 Å². The summed E-state index contributed by atoms with van der Waals surface area (Å²) >= 11 is 0. The lowest BCUT2D eigenvalue weighted by molar-refractivity contribution is 0.580. The van der Waals surface area contributed by atoms with Gasteiger partial charge in [0.25, 0.3) is 0 Å². The van der Waals surface area contributed by atoms with Crippen LogP contribution in [0.25, 0.3) is 22.8 Å². The van der Waals surface area contributed by atoms with Gasteiger partial charge in [-0.3, -0.25) is 0 Å². The molecular weight excluding hydrogens is 428 g/mol. The second-order valence-corrected chi connectivity index (χ2v) is 9.93. The van der Waals surface area contributed by atoms with Gasteiger partial charge in [-0.1, -0.05) is 114 Å². The molecule has 0 saturated heterocycles. The highest BCUT2D eigenvalue weighted by Gasteiger charge is 2.26. The predicted octanol–water partition coefficient (Wildman–Crippen LogP) is 9.60. The summed E-state index contributed by atoms with van der Waals surface area (Å²) in [5.41, 5.74) is 6.99. The van der Waals surface area contributed by atoms with Gasteiger partial charge in [0.2, 0.25) is 5.89 Å². The zero-order valence-corrected chi connectivity index (χ0v) is 21.7. The first kappa shape index (κ1) is 24.8. The number of para-hydroxylation sites is 1. The third-order valence-electron chi connectivity index (χ3n) is 6.58. The maximum absolute atomic E-state index is 6.49. The lowest BCUT2D eigenvalue weighted by Crippen LogP contribution is -2.16. The van der Waals surface area contributed by atoms with E-state index in [0.717, 1.165) is 41.8 Å². The number of hydrogen-bond donors (Lipinski definition) is 1. The Morgan fingerprint density at radius 2 is 1.31 bits per heavy atom. The molecule has 0 radical (unpaired) electrons. The van der Waals surface area contributed by atoms with Crippen molar-refractivity contribution in [2.24, 2.45) is 0 Å². The number of hydrogen-bond acceptors (Lipinski definition) is 3. The monoisotopic (exact) mass is 466 g/mol. The average Bonchev–Trinajstić information content (AvgIpc) is 3.33. The average molecular weight is 467 g/mol. The molecule has 1 N–H and O–H groups in total. The van der Waals surface area contributed by atoms with Crippen LogP contribution in [0, 0.1) is 0 Å². The molecule has 0 saturated carbocycles. The van der Waals surface area contributed by atoms with Crippen molar-refractivity contribution in [2.45, 2.75) is 71.8 Å². The number of nitrogens with zero attached hydrogens (tertiary/aromatic N) is 1. The fourth-order valence-electron chi connectivity index (χ4n) is 4.65. The third-order valence-corrected chi connectivity index (χ3v) is 6.58. The van der Waals surface area contributed by atoms with E-state index in [4.69, 9.17) is 9.40 Å². The molecule has 1 aromatic heterocycles. The van der Waals surface area contributed by atoms with Crippen LogP contribution in [-0.4, -0.2) is 4.98 Å². The van der Waals surface area contributed by atoms with E-state index in [0.29, 0.717) is 17.7 Å². The van der Waals surface area contributed by atoms with E-state index < -0.39 is 0 Å². The summed E-state index contributed by atoms with van der Waals surface area (Å²) in [5, 5.41) is 3.98. The summed E-state index contributed by atoms with van der Waals surface area (Å²) in [4.78, 5) is 5.13. The Hall–Kier alpha value is -3.33. The standard InChI is InChI=1S/C32H38N2O/c1-6-7-21-28(33-29-26(22(2)3)19-14-20-27(29)23(4)5)30-31(24-15-10-8-11-16-24)35-32(34-30)25-17-12-9-13-18-25/h8-20,22-23,28,33H,6-7,21H2,1-5H3. The van der Waals surface area contributed by atoms with Crippen molar-refractivity contribution in [3.8, 4) is 22.8 Å². The third kappa shape index (κ3) is 5.67. The van der Waals surface area contributed by atoms with Crippen LogP contribution >= 0.6 is 0 Å². The van der Waals surface area contributed by atoms with Gasteiger partial charge < -0.3 is 9.73 Å². The summed E-state index contributed by atoms with van der Waals surface area (Å²) in [6.45, 7) is 11.3. The molecule has 0 aliphatic heterocycles. The van der Waals surface area contributed by atoms with Crippen LogP contribution < -0.4 is 5.32 Å². The molecule has 1 unspecified atom stereocenters. The van der Waals surface area contributed by atoms with Gasteiger partial charge in [0.15, 0.2) is 5.76 Å². The molecule has 0 amide bonds. The second kappa shape index (κ2) is 11.4. The Morgan fingerprint density at radius 3 is 1.86 bits per heavy atom. The van der Waals surface area contributed by atoms with Crippen molar-refractivity contribution in [1.29, 1.82) is 0 Å². The molecule has 3 heteroatoms. The number of aromatic nitrogens is 1. The SMILES string of the molecule is CCCCC(Nc1c(C(C)C)cccc1C(C)C)c1nc(-c2ccccc2)oc1-c1ccccc1. The smallest absolute Gasteiger partial charge is 0.227 e. The number of rotatable bonds is 10. The molecule has 182 valence electrons. The molecule has 0 aliphatic rings. The lowest BCUT2D eigenvalue weighted by Gasteiger charge is -2.26. The summed E-state index contributed by atoms with van der Waals surface area (Å²) in [6.07, 6.45) is 3.23. The minimum Gasteiger partial charge on any atom is -0.436 e. The minimum atomic E-state index is 0.0452. The first-order valence-electron chi connectivity index (χ1n) is 13.0. The van der Waals surface area contributed by atoms with E-state index in [1.54, 1.807) is 0 Å². The summed E-state index contributed by atoms with van der Waals surface area (Å²) < 4.78 is 6.49. The van der Waals surface area contributed by atoms with Crippen molar-refractivity contribution < 1.29 is 4.42 Å². The Bertz CT molecular complexity index is 1180. The topological polar surface area (TPSA) is 38.1 Å². The van der Waals surface area contributed by atoms with Crippen LogP contribution in [0.15, 0.2) is 83.3 Å². The highest BCUT2D eigenvalue weighted by Crippen LogP contribution is 2.40. The number of oxazole rings is 1. The number of unbranched alkanes of at least 4 members (excludes halogenated alkanes) is 1. The fourth-order valence-corrected chi connectivity index (χ4v) is 4.65. The van der Waals surface area contributed by atoms with E-state index in [-0.39, 0.29) is 6.04 Å². The van der Waals surface area contributed by atoms with E-state index in [2.05, 4.69) is 94.5 Å². The lowest BCUT2D eigenvalue weighted by atomic mass is 9.91. The van der Waals surface area contributed by atoms with Gasteiger partial charge in [0.05, 0.1) is 6.04 Å². The van der Waals surface area contributed by atoms with Crippen molar-refractivity contribution in [2.75, 3.05) is 5.32 Å². The van der Waals surface area contributed by atoms with Gasteiger partial charge in [-0.2, -0.15) is 0 Å². The molecule has 0 bridgehead atoms. The van der Waals surface area contributed by atoms with E-state index in [9.17, 15) is 0 Å². The minimum absolute atomic E-state index is 0.0452. The van der Waals surface area contributed by atoms with Gasteiger partial charge in [-0.25, -0.2) is 4.98 Å². The molecule has 0 aliphatic carbocycles. The summed E-state index contributed by atoms with van der Waals surface area (Å²) in [6, 6.07) is 27.3. The molecule has 1 atom stereocenters. The maximum Gasteiger partial charge on any atom is 0.227 e.